The highest BCUT2D eigenvalue weighted by Gasteiger charge is 2.24. The van der Waals surface area contributed by atoms with E-state index in [1.807, 2.05) is 24.3 Å². The summed E-state index contributed by atoms with van der Waals surface area (Å²) in [6.45, 7) is 1.43. The van der Waals surface area contributed by atoms with Gasteiger partial charge >= 0.3 is 0 Å². The quantitative estimate of drug-likeness (QED) is 0.884. The second-order valence-corrected chi connectivity index (χ2v) is 5.70. The van der Waals surface area contributed by atoms with Gasteiger partial charge in [0, 0.05) is 29.6 Å². The molecule has 1 aliphatic rings. The zero-order chi connectivity index (χ0) is 13.9. The van der Waals surface area contributed by atoms with Crippen molar-refractivity contribution in [2.24, 2.45) is 0 Å². The van der Waals surface area contributed by atoms with Crippen molar-refractivity contribution in [3.63, 3.8) is 0 Å². The minimum atomic E-state index is -0.556. The number of nitrogens with one attached hydrogen (secondary N) is 1. The van der Waals surface area contributed by atoms with Crippen LogP contribution in [-0.2, 0) is 6.42 Å². The highest BCUT2D eigenvalue weighted by molar-refractivity contribution is 6.31. The first-order valence-electron chi connectivity index (χ1n) is 6.96. The fraction of sp³-hybridized carbons (Fsp3) is 0.294. The summed E-state index contributed by atoms with van der Waals surface area (Å²) in [4.78, 5) is 0. The summed E-state index contributed by atoms with van der Waals surface area (Å²) in [7, 11) is 0. The van der Waals surface area contributed by atoms with E-state index in [1.165, 1.54) is 11.1 Å². The second kappa shape index (κ2) is 5.96. The Bertz CT molecular complexity index is 599. The van der Waals surface area contributed by atoms with E-state index < -0.39 is 6.10 Å². The molecule has 2 aromatic carbocycles. The van der Waals surface area contributed by atoms with E-state index in [-0.39, 0.29) is 0 Å². The van der Waals surface area contributed by atoms with Crippen molar-refractivity contribution in [1.29, 1.82) is 0 Å². The zero-order valence-electron chi connectivity index (χ0n) is 11.2. The third kappa shape index (κ3) is 2.73. The van der Waals surface area contributed by atoms with E-state index >= 15 is 0 Å². The molecule has 0 saturated carbocycles. The van der Waals surface area contributed by atoms with Crippen LogP contribution in [0.1, 0.15) is 28.7 Å². The third-order valence-corrected chi connectivity index (χ3v) is 4.30. The molecule has 2 N–H and O–H groups in total. The number of hydrogen-bond donors (Lipinski definition) is 2. The summed E-state index contributed by atoms with van der Waals surface area (Å²) < 4.78 is 0. The topological polar surface area (TPSA) is 32.3 Å². The van der Waals surface area contributed by atoms with E-state index in [2.05, 4.69) is 29.6 Å². The van der Waals surface area contributed by atoms with Crippen LogP contribution in [0.25, 0.3) is 0 Å². The van der Waals surface area contributed by atoms with Gasteiger partial charge in [-0.1, -0.05) is 54.1 Å². The standard InChI is InChI=1S/C17H18ClNO/c18-16-8-4-3-7-15(16)17(20)11-19-10-13-9-12-5-1-2-6-14(12)13/h1-8,13,17,19-20H,9-11H2. The minimum absolute atomic E-state index is 0.530. The van der Waals surface area contributed by atoms with Crippen molar-refractivity contribution in [3.8, 4) is 0 Å². The molecule has 0 aliphatic heterocycles. The lowest BCUT2D eigenvalue weighted by atomic mass is 9.77. The summed E-state index contributed by atoms with van der Waals surface area (Å²) in [6, 6.07) is 16.0. The Balaban J connectivity index is 1.51. The minimum Gasteiger partial charge on any atom is -0.387 e. The maximum absolute atomic E-state index is 10.2. The number of fused-ring (bicyclic) bond motifs is 1. The Kier molecular flexibility index (Phi) is 4.06. The number of halogens is 1. The Morgan fingerprint density at radius 1 is 1.15 bits per heavy atom. The van der Waals surface area contributed by atoms with E-state index in [9.17, 15) is 5.11 Å². The lowest BCUT2D eigenvalue weighted by Crippen LogP contribution is -2.31. The molecule has 2 atom stereocenters. The fourth-order valence-corrected chi connectivity index (χ4v) is 3.06. The van der Waals surface area contributed by atoms with Crippen LogP contribution in [0.4, 0.5) is 0 Å². The predicted octanol–water partition coefficient (Wildman–Crippen LogP) is 3.30. The molecule has 2 unspecified atom stereocenters. The molecule has 2 nitrogen and oxygen atoms in total. The molecule has 0 amide bonds. The Morgan fingerprint density at radius 2 is 1.90 bits per heavy atom. The number of hydrogen-bond acceptors (Lipinski definition) is 2. The Hall–Kier alpha value is -1.35. The summed E-state index contributed by atoms with van der Waals surface area (Å²) in [5, 5.41) is 14.1. The van der Waals surface area contributed by atoms with Gasteiger partial charge in [0.2, 0.25) is 0 Å². The van der Waals surface area contributed by atoms with Gasteiger partial charge in [-0.2, -0.15) is 0 Å². The zero-order valence-corrected chi connectivity index (χ0v) is 12.0. The van der Waals surface area contributed by atoms with Crippen molar-refractivity contribution >= 4 is 11.6 Å². The molecule has 20 heavy (non-hydrogen) atoms. The summed E-state index contributed by atoms with van der Waals surface area (Å²) >= 11 is 6.08. The monoisotopic (exact) mass is 287 g/mol. The molecule has 3 heteroatoms. The van der Waals surface area contributed by atoms with E-state index in [0.29, 0.717) is 17.5 Å². The van der Waals surface area contributed by atoms with Gasteiger partial charge in [0.05, 0.1) is 6.10 Å². The van der Waals surface area contributed by atoms with Crippen LogP contribution in [0.5, 0.6) is 0 Å². The van der Waals surface area contributed by atoms with Crippen LogP contribution in [0.3, 0.4) is 0 Å². The van der Waals surface area contributed by atoms with Gasteiger partial charge in [0.1, 0.15) is 0 Å². The predicted molar refractivity (Wildman–Crippen MR) is 82.2 cm³/mol. The van der Waals surface area contributed by atoms with Crippen molar-refractivity contribution in [3.05, 3.63) is 70.2 Å². The van der Waals surface area contributed by atoms with Gasteiger partial charge < -0.3 is 10.4 Å². The van der Waals surface area contributed by atoms with Crippen LogP contribution in [0.2, 0.25) is 5.02 Å². The largest absolute Gasteiger partial charge is 0.387 e. The molecular formula is C17H18ClNO. The molecule has 0 saturated heterocycles. The number of aliphatic hydroxyl groups excluding tert-OH is 1. The molecule has 0 aromatic heterocycles. The Morgan fingerprint density at radius 3 is 2.70 bits per heavy atom. The van der Waals surface area contributed by atoms with Gasteiger partial charge in [0.25, 0.3) is 0 Å². The first-order valence-corrected chi connectivity index (χ1v) is 7.34. The smallest absolute Gasteiger partial charge is 0.0928 e. The molecule has 104 valence electrons. The molecule has 0 spiro atoms. The van der Waals surface area contributed by atoms with Crippen LogP contribution in [0, 0.1) is 0 Å². The molecule has 0 bridgehead atoms. The van der Waals surface area contributed by atoms with Crippen LogP contribution >= 0.6 is 11.6 Å². The molecule has 0 fully saturated rings. The maximum Gasteiger partial charge on any atom is 0.0928 e. The molecule has 3 rings (SSSR count). The van der Waals surface area contributed by atoms with Gasteiger partial charge in [-0.3, -0.25) is 0 Å². The molecule has 0 heterocycles. The van der Waals surface area contributed by atoms with Crippen molar-refractivity contribution < 1.29 is 5.11 Å². The SMILES string of the molecule is OC(CNCC1Cc2ccccc21)c1ccccc1Cl. The Labute approximate surface area is 124 Å². The first-order chi connectivity index (χ1) is 9.75. The summed E-state index contributed by atoms with van der Waals surface area (Å²) in [5.74, 6) is 0.574. The number of rotatable bonds is 5. The van der Waals surface area contributed by atoms with Crippen LogP contribution < -0.4 is 5.32 Å². The molecular weight excluding hydrogens is 270 g/mol. The van der Waals surface area contributed by atoms with Crippen molar-refractivity contribution in [2.75, 3.05) is 13.1 Å². The average Bonchev–Trinajstić information content (AvgIpc) is 2.44. The normalized spacial score (nSPS) is 18.2. The van der Waals surface area contributed by atoms with Gasteiger partial charge in [-0.05, 0) is 23.6 Å². The van der Waals surface area contributed by atoms with E-state index in [4.69, 9.17) is 11.6 Å². The average molecular weight is 288 g/mol. The maximum atomic E-state index is 10.2. The van der Waals surface area contributed by atoms with E-state index in [1.54, 1.807) is 0 Å². The fourth-order valence-electron chi connectivity index (χ4n) is 2.79. The van der Waals surface area contributed by atoms with Crippen molar-refractivity contribution in [2.45, 2.75) is 18.4 Å². The number of aliphatic hydroxyl groups is 1. The van der Waals surface area contributed by atoms with Gasteiger partial charge in [0.15, 0.2) is 0 Å². The lowest BCUT2D eigenvalue weighted by Gasteiger charge is -2.30. The van der Waals surface area contributed by atoms with Crippen LogP contribution in [0.15, 0.2) is 48.5 Å². The van der Waals surface area contributed by atoms with Gasteiger partial charge in [-0.15, -0.1) is 0 Å². The molecule has 0 radical (unpaired) electrons. The third-order valence-electron chi connectivity index (χ3n) is 3.95. The first kappa shape index (κ1) is 13.6. The second-order valence-electron chi connectivity index (χ2n) is 5.30. The molecule has 2 aromatic rings. The number of benzene rings is 2. The highest BCUT2D eigenvalue weighted by Crippen LogP contribution is 2.34. The van der Waals surface area contributed by atoms with Crippen LogP contribution in [-0.4, -0.2) is 18.2 Å². The van der Waals surface area contributed by atoms with E-state index in [0.717, 1.165) is 18.5 Å². The summed E-state index contributed by atoms with van der Waals surface area (Å²) in [6.07, 6.45) is 0.574. The lowest BCUT2D eigenvalue weighted by molar-refractivity contribution is 0.174. The summed E-state index contributed by atoms with van der Waals surface area (Å²) in [5.41, 5.74) is 3.67. The highest BCUT2D eigenvalue weighted by atomic mass is 35.5. The molecule has 1 aliphatic carbocycles. The van der Waals surface area contributed by atoms with Crippen molar-refractivity contribution in [1.82, 2.24) is 5.32 Å². The van der Waals surface area contributed by atoms with Gasteiger partial charge in [-0.25, -0.2) is 0 Å².